The monoisotopic (exact) mass is 268 g/mol. The Morgan fingerprint density at radius 1 is 1.35 bits per heavy atom. The maximum Gasteiger partial charge on any atom is 0.292 e. The molecule has 0 saturated heterocycles. The number of nitriles is 1. The SMILES string of the molecule is CC(Nc1cc(C#N)ccc1[N+](=O)[O-])c1ccncc1. The Balaban J connectivity index is 2.32. The second-order valence-corrected chi connectivity index (χ2v) is 4.25. The number of pyridine rings is 1. The molecule has 0 saturated carbocycles. The van der Waals surface area contributed by atoms with Crippen LogP contribution >= 0.6 is 0 Å². The minimum Gasteiger partial charge on any atom is -0.373 e. The molecule has 100 valence electrons. The zero-order chi connectivity index (χ0) is 14.5. The van der Waals surface area contributed by atoms with Gasteiger partial charge in [-0.25, -0.2) is 0 Å². The van der Waals surface area contributed by atoms with Gasteiger partial charge in [-0.2, -0.15) is 5.26 Å². The van der Waals surface area contributed by atoms with Crippen LogP contribution in [0.15, 0.2) is 42.7 Å². The van der Waals surface area contributed by atoms with E-state index in [2.05, 4.69) is 10.3 Å². The van der Waals surface area contributed by atoms with E-state index in [4.69, 9.17) is 5.26 Å². The molecule has 0 aliphatic carbocycles. The van der Waals surface area contributed by atoms with E-state index in [0.717, 1.165) is 5.56 Å². The summed E-state index contributed by atoms with van der Waals surface area (Å²) in [4.78, 5) is 14.5. The molecule has 2 aromatic rings. The van der Waals surface area contributed by atoms with Crippen molar-refractivity contribution in [3.8, 4) is 6.07 Å². The summed E-state index contributed by atoms with van der Waals surface area (Å²) < 4.78 is 0. The first-order valence-corrected chi connectivity index (χ1v) is 5.97. The molecule has 1 N–H and O–H groups in total. The van der Waals surface area contributed by atoms with E-state index in [1.165, 1.54) is 18.2 Å². The van der Waals surface area contributed by atoms with Crippen LogP contribution in [0.25, 0.3) is 0 Å². The predicted molar refractivity (Wildman–Crippen MR) is 74.1 cm³/mol. The largest absolute Gasteiger partial charge is 0.373 e. The van der Waals surface area contributed by atoms with Crippen LogP contribution in [0.1, 0.15) is 24.1 Å². The molecule has 0 amide bonds. The molecule has 0 aliphatic heterocycles. The maximum atomic E-state index is 11.0. The van der Waals surface area contributed by atoms with E-state index >= 15 is 0 Å². The Bertz CT molecular complexity index is 665. The highest BCUT2D eigenvalue weighted by Gasteiger charge is 2.16. The highest BCUT2D eigenvalue weighted by Crippen LogP contribution is 2.28. The zero-order valence-corrected chi connectivity index (χ0v) is 10.8. The molecule has 1 unspecified atom stereocenters. The van der Waals surface area contributed by atoms with Crippen LogP contribution in [0.2, 0.25) is 0 Å². The molecule has 0 radical (unpaired) electrons. The number of hydrogen-bond acceptors (Lipinski definition) is 5. The summed E-state index contributed by atoms with van der Waals surface area (Å²) in [5.41, 5.74) is 1.61. The lowest BCUT2D eigenvalue weighted by atomic mass is 10.1. The lowest BCUT2D eigenvalue weighted by Gasteiger charge is -2.15. The second-order valence-electron chi connectivity index (χ2n) is 4.25. The number of rotatable bonds is 4. The van der Waals surface area contributed by atoms with E-state index in [1.807, 2.05) is 25.1 Å². The zero-order valence-electron chi connectivity index (χ0n) is 10.8. The number of benzene rings is 1. The maximum absolute atomic E-state index is 11.0. The molecular weight excluding hydrogens is 256 g/mol. The Kier molecular flexibility index (Phi) is 3.91. The Hall–Kier alpha value is -2.94. The molecular formula is C14H12N4O2. The number of hydrogen-bond donors (Lipinski definition) is 1. The molecule has 20 heavy (non-hydrogen) atoms. The van der Waals surface area contributed by atoms with Gasteiger partial charge >= 0.3 is 0 Å². The average molecular weight is 268 g/mol. The number of nitrogens with one attached hydrogen (secondary N) is 1. The Morgan fingerprint density at radius 2 is 2.05 bits per heavy atom. The van der Waals surface area contributed by atoms with Gasteiger partial charge in [-0.05, 0) is 36.8 Å². The molecule has 2 rings (SSSR count). The summed E-state index contributed by atoms with van der Waals surface area (Å²) in [6.45, 7) is 1.89. The van der Waals surface area contributed by atoms with Crippen LogP contribution in [-0.2, 0) is 0 Å². The number of anilines is 1. The van der Waals surface area contributed by atoms with Crippen LogP contribution < -0.4 is 5.32 Å². The number of nitro benzene ring substituents is 1. The van der Waals surface area contributed by atoms with Gasteiger partial charge in [0.1, 0.15) is 5.69 Å². The minimum absolute atomic E-state index is 0.0510. The molecule has 0 fully saturated rings. The van der Waals surface area contributed by atoms with Gasteiger partial charge in [-0.3, -0.25) is 15.1 Å². The van der Waals surface area contributed by atoms with E-state index in [0.29, 0.717) is 11.3 Å². The Morgan fingerprint density at radius 3 is 2.65 bits per heavy atom. The molecule has 1 heterocycles. The third-order valence-corrected chi connectivity index (χ3v) is 2.90. The average Bonchev–Trinajstić information content (AvgIpc) is 2.47. The van der Waals surface area contributed by atoms with Crippen molar-refractivity contribution in [2.75, 3.05) is 5.32 Å². The van der Waals surface area contributed by atoms with Crippen molar-refractivity contribution in [1.29, 1.82) is 5.26 Å². The predicted octanol–water partition coefficient (Wildman–Crippen LogP) is 3.03. The van der Waals surface area contributed by atoms with Gasteiger partial charge in [-0.15, -0.1) is 0 Å². The van der Waals surface area contributed by atoms with Crippen molar-refractivity contribution in [2.24, 2.45) is 0 Å². The molecule has 6 nitrogen and oxygen atoms in total. The smallest absolute Gasteiger partial charge is 0.292 e. The Labute approximate surface area is 115 Å². The van der Waals surface area contributed by atoms with Crippen molar-refractivity contribution < 1.29 is 4.92 Å². The number of nitrogens with zero attached hydrogens (tertiary/aromatic N) is 3. The third kappa shape index (κ3) is 2.90. The van der Waals surface area contributed by atoms with Crippen LogP contribution in [0.3, 0.4) is 0 Å². The first-order valence-electron chi connectivity index (χ1n) is 5.97. The summed E-state index contributed by atoms with van der Waals surface area (Å²) >= 11 is 0. The van der Waals surface area contributed by atoms with Crippen molar-refractivity contribution >= 4 is 11.4 Å². The van der Waals surface area contributed by atoms with Gasteiger partial charge in [0.05, 0.1) is 16.6 Å². The van der Waals surface area contributed by atoms with Gasteiger partial charge in [0.15, 0.2) is 0 Å². The summed E-state index contributed by atoms with van der Waals surface area (Å²) in [6.07, 6.45) is 3.32. The highest BCUT2D eigenvalue weighted by molar-refractivity contribution is 5.65. The van der Waals surface area contributed by atoms with Crippen LogP contribution in [0.5, 0.6) is 0 Å². The van der Waals surface area contributed by atoms with E-state index in [9.17, 15) is 10.1 Å². The summed E-state index contributed by atoms with van der Waals surface area (Å²) in [7, 11) is 0. The van der Waals surface area contributed by atoms with Crippen molar-refractivity contribution in [3.05, 3.63) is 64.0 Å². The standard InChI is InChI=1S/C14H12N4O2/c1-10(12-4-6-16-7-5-12)17-13-8-11(9-15)2-3-14(13)18(19)20/h2-8,10,17H,1H3. The fourth-order valence-electron chi connectivity index (χ4n) is 1.85. The molecule has 6 heteroatoms. The van der Waals surface area contributed by atoms with Gasteiger partial charge in [0.2, 0.25) is 0 Å². The highest BCUT2D eigenvalue weighted by atomic mass is 16.6. The van der Waals surface area contributed by atoms with E-state index in [1.54, 1.807) is 12.4 Å². The van der Waals surface area contributed by atoms with Crippen LogP contribution in [0.4, 0.5) is 11.4 Å². The molecule has 0 bridgehead atoms. The van der Waals surface area contributed by atoms with Crippen LogP contribution in [0, 0.1) is 21.4 Å². The molecule has 1 aromatic carbocycles. The van der Waals surface area contributed by atoms with E-state index < -0.39 is 4.92 Å². The molecule has 0 spiro atoms. The lowest BCUT2D eigenvalue weighted by molar-refractivity contribution is -0.384. The van der Waals surface area contributed by atoms with Crippen molar-refractivity contribution in [2.45, 2.75) is 13.0 Å². The number of aromatic nitrogens is 1. The summed E-state index contributed by atoms with van der Waals surface area (Å²) in [5, 5.41) is 23.0. The molecule has 0 aliphatic rings. The second kappa shape index (κ2) is 5.80. The van der Waals surface area contributed by atoms with Crippen molar-refractivity contribution in [1.82, 2.24) is 4.98 Å². The fraction of sp³-hybridized carbons (Fsp3) is 0.143. The summed E-state index contributed by atoms with van der Waals surface area (Å²) in [6, 6.07) is 9.75. The van der Waals surface area contributed by atoms with Crippen molar-refractivity contribution in [3.63, 3.8) is 0 Å². The molecule has 1 aromatic heterocycles. The quantitative estimate of drug-likeness (QED) is 0.679. The minimum atomic E-state index is -0.469. The van der Waals surface area contributed by atoms with Gasteiger partial charge in [-0.1, -0.05) is 0 Å². The lowest BCUT2D eigenvalue weighted by Crippen LogP contribution is -2.08. The number of nitro groups is 1. The first-order chi connectivity index (χ1) is 9.61. The fourth-order valence-corrected chi connectivity index (χ4v) is 1.85. The normalized spacial score (nSPS) is 11.4. The molecule has 1 atom stereocenters. The topological polar surface area (TPSA) is 91.8 Å². The van der Waals surface area contributed by atoms with Crippen LogP contribution in [-0.4, -0.2) is 9.91 Å². The first kappa shape index (κ1) is 13.5. The van der Waals surface area contributed by atoms with E-state index in [-0.39, 0.29) is 11.7 Å². The van der Waals surface area contributed by atoms with Gasteiger partial charge in [0, 0.05) is 24.5 Å². The van der Waals surface area contributed by atoms with Gasteiger partial charge in [0.25, 0.3) is 5.69 Å². The van der Waals surface area contributed by atoms with Gasteiger partial charge < -0.3 is 5.32 Å². The summed E-state index contributed by atoms with van der Waals surface area (Å²) in [5.74, 6) is 0. The third-order valence-electron chi connectivity index (χ3n) is 2.90.